The molecular formula is C11H21N3O2. The molecule has 5 nitrogen and oxygen atoms in total. The number of aromatic nitrogens is 1. The van der Waals surface area contributed by atoms with Crippen LogP contribution in [0.3, 0.4) is 0 Å². The molecule has 0 saturated heterocycles. The van der Waals surface area contributed by atoms with Crippen molar-refractivity contribution >= 4 is 6.01 Å². The summed E-state index contributed by atoms with van der Waals surface area (Å²) in [6, 6.07) is 0.554. The van der Waals surface area contributed by atoms with Crippen molar-refractivity contribution in [3.8, 4) is 0 Å². The summed E-state index contributed by atoms with van der Waals surface area (Å²) in [7, 11) is 1.67. The van der Waals surface area contributed by atoms with Crippen LogP contribution in [0.1, 0.15) is 19.5 Å². The highest BCUT2D eigenvalue weighted by Crippen LogP contribution is 2.06. The summed E-state index contributed by atoms with van der Waals surface area (Å²) in [6.07, 6.45) is 1.67. The molecule has 1 aromatic heterocycles. The number of nitrogens with one attached hydrogen (secondary N) is 2. The summed E-state index contributed by atoms with van der Waals surface area (Å²) in [4.78, 5) is 4.28. The van der Waals surface area contributed by atoms with Gasteiger partial charge in [-0.25, -0.2) is 0 Å². The average molecular weight is 227 g/mol. The van der Waals surface area contributed by atoms with Crippen molar-refractivity contribution in [1.29, 1.82) is 0 Å². The van der Waals surface area contributed by atoms with E-state index in [2.05, 4.69) is 29.5 Å². The van der Waals surface area contributed by atoms with Gasteiger partial charge in [-0.1, -0.05) is 13.8 Å². The zero-order valence-electron chi connectivity index (χ0n) is 10.2. The van der Waals surface area contributed by atoms with Crippen molar-refractivity contribution < 1.29 is 9.15 Å². The molecule has 0 bridgehead atoms. The van der Waals surface area contributed by atoms with E-state index < -0.39 is 0 Å². The average Bonchev–Trinajstić information content (AvgIpc) is 2.66. The van der Waals surface area contributed by atoms with E-state index in [9.17, 15) is 0 Å². The lowest BCUT2D eigenvalue weighted by Crippen LogP contribution is -2.19. The summed E-state index contributed by atoms with van der Waals surface area (Å²) in [5.41, 5.74) is 0.917. The maximum atomic E-state index is 5.25. The predicted octanol–water partition coefficient (Wildman–Crippen LogP) is 1.48. The number of hydrogen-bond acceptors (Lipinski definition) is 5. The Bertz CT molecular complexity index is 287. The van der Waals surface area contributed by atoms with Gasteiger partial charge in [-0.15, -0.1) is 0 Å². The molecule has 0 saturated carbocycles. The predicted molar refractivity (Wildman–Crippen MR) is 63.4 cm³/mol. The molecule has 1 heterocycles. The second-order valence-corrected chi connectivity index (χ2v) is 4.09. The molecular weight excluding hydrogens is 206 g/mol. The monoisotopic (exact) mass is 227 g/mol. The number of oxazole rings is 1. The van der Waals surface area contributed by atoms with Crippen LogP contribution in [-0.4, -0.2) is 31.8 Å². The molecule has 0 atom stereocenters. The minimum absolute atomic E-state index is 0.554. The summed E-state index contributed by atoms with van der Waals surface area (Å²) >= 11 is 0. The van der Waals surface area contributed by atoms with Crippen molar-refractivity contribution in [2.75, 3.05) is 32.1 Å². The van der Waals surface area contributed by atoms with Gasteiger partial charge in [0.25, 0.3) is 6.01 Å². The van der Waals surface area contributed by atoms with Gasteiger partial charge in [0.1, 0.15) is 6.26 Å². The van der Waals surface area contributed by atoms with E-state index >= 15 is 0 Å². The van der Waals surface area contributed by atoms with Crippen LogP contribution in [-0.2, 0) is 11.3 Å². The molecule has 0 unspecified atom stereocenters. The Labute approximate surface area is 96.6 Å². The van der Waals surface area contributed by atoms with Gasteiger partial charge >= 0.3 is 0 Å². The molecule has 0 radical (unpaired) electrons. The lowest BCUT2D eigenvalue weighted by molar-refractivity contribution is 0.210. The zero-order chi connectivity index (χ0) is 11.8. The summed E-state index contributed by atoms with van der Waals surface area (Å²) in [5.74, 6) is 0.645. The van der Waals surface area contributed by atoms with Crippen molar-refractivity contribution in [1.82, 2.24) is 10.3 Å². The van der Waals surface area contributed by atoms with Gasteiger partial charge in [0.2, 0.25) is 0 Å². The first-order valence-electron chi connectivity index (χ1n) is 5.60. The number of hydrogen-bond donors (Lipinski definition) is 2. The van der Waals surface area contributed by atoms with Gasteiger partial charge in [0, 0.05) is 20.2 Å². The quantitative estimate of drug-likeness (QED) is 0.659. The molecule has 0 aliphatic heterocycles. The molecule has 5 heteroatoms. The lowest BCUT2D eigenvalue weighted by Gasteiger charge is -2.04. The molecule has 0 aliphatic carbocycles. The maximum Gasteiger partial charge on any atom is 0.294 e. The fourth-order valence-corrected chi connectivity index (χ4v) is 1.22. The molecule has 0 fully saturated rings. The van der Waals surface area contributed by atoms with E-state index in [1.54, 1.807) is 13.4 Å². The number of anilines is 1. The van der Waals surface area contributed by atoms with Crippen molar-refractivity contribution in [3.63, 3.8) is 0 Å². The smallest absolute Gasteiger partial charge is 0.294 e. The van der Waals surface area contributed by atoms with Gasteiger partial charge < -0.3 is 19.8 Å². The highest BCUT2D eigenvalue weighted by Gasteiger charge is 2.02. The first kappa shape index (κ1) is 13.0. The van der Waals surface area contributed by atoms with Crippen molar-refractivity contribution in [2.24, 2.45) is 5.92 Å². The first-order valence-corrected chi connectivity index (χ1v) is 5.60. The molecule has 1 aromatic rings. The molecule has 0 aliphatic rings. The van der Waals surface area contributed by atoms with E-state index in [0.717, 1.165) is 18.8 Å². The van der Waals surface area contributed by atoms with Gasteiger partial charge in [0.15, 0.2) is 0 Å². The van der Waals surface area contributed by atoms with E-state index in [4.69, 9.17) is 9.15 Å². The molecule has 1 rings (SSSR count). The standard InChI is InChI=1S/C11H21N3O2/c1-9(2)6-12-7-10-8-16-11(14-10)13-4-5-15-3/h8-9,12H,4-7H2,1-3H3,(H,13,14). The van der Waals surface area contributed by atoms with Crippen LogP contribution < -0.4 is 10.6 Å². The van der Waals surface area contributed by atoms with Crippen LogP contribution in [0, 0.1) is 5.92 Å². The van der Waals surface area contributed by atoms with E-state index in [0.29, 0.717) is 25.1 Å². The number of methoxy groups -OCH3 is 1. The third-order valence-electron chi connectivity index (χ3n) is 1.99. The third-order valence-corrected chi connectivity index (χ3v) is 1.99. The largest absolute Gasteiger partial charge is 0.432 e. The number of ether oxygens (including phenoxy) is 1. The van der Waals surface area contributed by atoms with Crippen LogP contribution in [0.2, 0.25) is 0 Å². The second-order valence-electron chi connectivity index (χ2n) is 4.09. The lowest BCUT2D eigenvalue weighted by atomic mass is 10.2. The summed E-state index contributed by atoms with van der Waals surface area (Å²) < 4.78 is 10.2. The normalized spacial score (nSPS) is 11.0. The minimum Gasteiger partial charge on any atom is -0.432 e. The van der Waals surface area contributed by atoms with Crippen LogP contribution in [0.4, 0.5) is 6.01 Å². The second kappa shape index (κ2) is 7.24. The highest BCUT2D eigenvalue weighted by molar-refractivity contribution is 5.20. The van der Waals surface area contributed by atoms with Gasteiger partial charge in [0.05, 0.1) is 12.3 Å². The summed E-state index contributed by atoms with van der Waals surface area (Å²) in [6.45, 7) is 7.42. The molecule has 16 heavy (non-hydrogen) atoms. The Morgan fingerprint density at radius 2 is 2.31 bits per heavy atom. The molecule has 2 N–H and O–H groups in total. The Morgan fingerprint density at radius 1 is 1.50 bits per heavy atom. The summed E-state index contributed by atoms with van der Waals surface area (Å²) in [5, 5.41) is 6.34. The third kappa shape index (κ3) is 5.14. The van der Waals surface area contributed by atoms with Gasteiger partial charge in [-0.3, -0.25) is 0 Å². The molecule has 0 amide bonds. The first-order chi connectivity index (χ1) is 7.72. The van der Waals surface area contributed by atoms with Crippen LogP contribution in [0.5, 0.6) is 0 Å². The van der Waals surface area contributed by atoms with E-state index in [-0.39, 0.29) is 0 Å². The Kier molecular flexibility index (Phi) is 5.88. The molecule has 0 aromatic carbocycles. The van der Waals surface area contributed by atoms with E-state index in [1.165, 1.54) is 0 Å². The zero-order valence-corrected chi connectivity index (χ0v) is 10.2. The Hall–Kier alpha value is -1.07. The highest BCUT2D eigenvalue weighted by atomic mass is 16.5. The molecule has 0 spiro atoms. The van der Waals surface area contributed by atoms with Crippen molar-refractivity contribution in [2.45, 2.75) is 20.4 Å². The minimum atomic E-state index is 0.554. The fraction of sp³-hybridized carbons (Fsp3) is 0.727. The van der Waals surface area contributed by atoms with E-state index in [1.807, 2.05) is 0 Å². The Balaban J connectivity index is 2.22. The van der Waals surface area contributed by atoms with Crippen LogP contribution in [0.15, 0.2) is 10.7 Å². The number of rotatable bonds is 8. The van der Waals surface area contributed by atoms with Crippen molar-refractivity contribution in [3.05, 3.63) is 12.0 Å². The Morgan fingerprint density at radius 3 is 3.00 bits per heavy atom. The van der Waals surface area contributed by atoms with Gasteiger partial charge in [-0.2, -0.15) is 4.98 Å². The van der Waals surface area contributed by atoms with Gasteiger partial charge in [-0.05, 0) is 12.5 Å². The van der Waals surface area contributed by atoms with Crippen LogP contribution >= 0.6 is 0 Å². The number of nitrogens with zero attached hydrogens (tertiary/aromatic N) is 1. The SMILES string of the molecule is COCCNc1nc(CNCC(C)C)co1. The maximum absolute atomic E-state index is 5.25. The van der Waals surface area contributed by atoms with Crippen LogP contribution in [0.25, 0.3) is 0 Å². The topological polar surface area (TPSA) is 59.3 Å². The molecule has 92 valence electrons. The fourth-order valence-electron chi connectivity index (χ4n) is 1.22.